The zero-order chi connectivity index (χ0) is 14.5. The number of ether oxygens (including phenoxy) is 2. The van der Waals surface area contributed by atoms with Crippen LogP contribution in [0.3, 0.4) is 0 Å². The lowest BCUT2D eigenvalue weighted by Gasteiger charge is -2.30. The van der Waals surface area contributed by atoms with Gasteiger partial charge in [-0.25, -0.2) is 4.79 Å². The minimum Gasteiger partial charge on any atom is -0.466 e. The highest BCUT2D eigenvalue weighted by Crippen LogP contribution is 2.30. The van der Waals surface area contributed by atoms with Gasteiger partial charge in [-0.3, -0.25) is 0 Å². The second-order valence-electron chi connectivity index (χ2n) is 5.10. The highest BCUT2D eigenvalue weighted by Gasteiger charge is 2.26. The summed E-state index contributed by atoms with van der Waals surface area (Å²) in [6.45, 7) is 6.05. The minimum atomic E-state index is -0.619. The highest BCUT2D eigenvalue weighted by atomic mass is 32.1. The van der Waals surface area contributed by atoms with Crippen LogP contribution in [0.25, 0.3) is 0 Å². The molecule has 1 unspecified atom stereocenters. The monoisotopic (exact) mass is 299 g/mol. The molecule has 0 radical (unpaired) electrons. The van der Waals surface area contributed by atoms with Crippen molar-refractivity contribution in [2.75, 3.05) is 25.1 Å². The molecule has 1 aliphatic heterocycles. The fourth-order valence-corrected chi connectivity index (χ4v) is 2.74. The summed E-state index contributed by atoms with van der Waals surface area (Å²) >= 11 is 1.11. The fraction of sp³-hybridized carbons (Fsp3) is 0.769. The Bertz CT molecular complexity index is 444. The Morgan fingerprint density at radius 3 is 2.75 bits per heavy atom. The Labute approximate surface area is 123 Å². The van der Waals surface area contributed by atoms with Crippen molar-refractivity contribution in [2.24, 2.45) is 5.92 Å². The number of methoxy groups -OCH3 is 1. The van der Waals surface area contributed by atoms with Crippen LogP contribution in [0, 0.1) is 5.92 Å². The van der Waals surface area contributed by atoms with Gasteiger partial charge in [-0.05, 0) is 25.2 Å². The molecule has 1 aromatic rings. The number of carbonyl (C=O) groups excluding carboxylic acids is 1. The van der Waals surface area contributed by atoms with Gasteiger partial charge in [-0.2, -0.15) is 4.37 Å². The topological polar surface area (TPSA) is 64.6 Å². The lowest BCUT2D eigenvalue weighted by atomic mass is 9.99. The van der Waals surface area contributed by atoms with E-state index in [1.807, 2.05) is 6.92 Å². The van der Waals surface area contributed by atoms with Crippen molar-refractivity contribution in [1.82, 2.24) is 8.75 Å². The number of nitrogens with zero attached hydrogens (tertiary/aromatic N) is 3. The van der Waals surface area contributed by atoms with Crippen LogP contribution < -0.4 is 9.64 Å². The van der Waals surface area contributed by atoms with E-state index in [4.69, 9.17) is 9.47 Å². The first-order chi connectivity index (χ1) is 9.65. The van der Waals surface area contributed by atoms with E-state index in [1.54, 1.807) is 0 Å². The fourth-order valence-electron chi connectivity index (χ4n) is 2.23. The molecule has 2 heterocycles. The summed E-state index contributed by atoms with van der Waals surface area (Å²) in [6, 6.07) is 0. The van der Waals surface area contributed by atoms with Gasteiger partial charge in [0.25, 0.3) is 5.88 Å². The van der Waals surface area contributed by atoms with Crippen molar-refractivity contribution >= 4 is 23.5 Å². The van der Waals surface area contributed by atoms with Gasteiger partial charge in [-0.15, -0.1) is 4.37 Å². The molecule has 2 rings (SSSR count). The summed E-state index contributed by atoms with van der Waals surface area (Å²) < 4.78 is 18.9. The Hall–Kier alpha value is -1.37. The van der Waals surface area contributed by atoms with Gasteiger partial charge in [0.2, 0.25) is 5.82 Å². The van der Waals surface area contributed by atoms with Gasteiger partial charge < -0.3 is 14.4 Å². The molecule has 1 fully saturated rings. The molecule has 1 atom stereocenters. The van der Waals surface area contributed by atoms with Gasteiger partial charge >= 0.3 is 5.97 Å². The second kappa shape index (κ2) is 6.88. The van der Waals surface area contributed by atoms with Crippen LogP contribution in [0.4, 0.5) is 5.82 Å². The third kappa shape index (κ3) is 3.39. The van der Waals surface area contributed by atoms with Crippen molar-refractivity contribution in [1.29, 1.82) is 0 Å². The van der Waals surface area contributed by atoms with Gasteiger partial charge in [0.1, 0.15) is 0 Å². The average Bonchev–Trinajstić information content (AvgIpc) is 2.93. The molecule has 1 aromatic heterocycles. The number of hydrogen-bond acceptors (Lipinski definition) is 7. The van der Waals surface area contributed by atoms with E-state index in [9.17, 15) is 4.79 Å². The molecule has 20 heavy (non-hydrogen) atoms. The molecule has 0 N–H and O–H groups in total. The summed E-state index contributed by atoms with van der Waals surface area (Å²) in [5.74, 6) is 1.57. The molecule has 0 aliphatic carbocycles. The van der Waals surface area contributed by atoms with Crippen LogP contribution in [0.2, 0.25) is 0 Å². The zero-order valence-corrected chi connectivity index (χ0v) is 13.0. The maximum Gasteiger partial charge on any atom is 0.347 e. The number of piperidine rings is 1. The van der Waals surface area contributed by atoms with Crippen LogP contribution in [0.15, 0.2) is 0 Å². The second-order valence-corrected chi connectivity index (χ2v) is 5.63. The van der Waals surface area contributed by atoms with Crippen LogP contribution >= 0.6 is 11.7 Å². The Kier molecular flexibility index (Phi) is 5.17. The van der Waals surface area contributed by atoms with Crippen molar-refractivity contribution < 1.29 is 14.3 Å². The summed E-state index contributed by atoms with van der Waals surface area (Å²) in [4.78, 5) is 13.8. The van der Waals surface area contributed by atoms with Crippen LogP contribution in [-0.4, -0.2) is 41.0 Å². The highest BCUT2D eigenvalue weighted by molar-refractivity contribution is 6.99. The number of hydrogen-bond donors (Lipinski definition) is 0. The summed E-state index contributed by atoms with van der Waals surface area (Å²) in [5.41, 5.74) is 0. The molecular formula is C13H21N3O3S. The first kappa shape index (κ1) is 15.0. The van der Waals surface area contributed by atoms with Crippen molar-refractivity contribution in [3.05, 3.63) is 0 Å². The summed E-state index contributed by atoms with van der Waals surface area (Å²) in [6.07, 6.45) is 2.21. The normalized spacial score (nSPS) is 17.9. The van der Waals surface area contributed by atoms with Crippen molar-refractivity contribution in [3.63, 3.8) is 0 Å². The maximum absolute atomic E-state index is 11.6. The summed E-state index contributed by atoms with van der Waals surface area (Å²) in [7, 11) is 1.36. The molecule has 0 amide bonds. The molecular weight excluding hydrogens is 278 g/mol. The van der Waals surface area contributed by atoms with E-state index in [-0.39, 0.29) is 5.97 Å². The van der Waals surface area contributed by atoms with E-state index >= 15 is 0 Å². The SMILES string of the molecule is CCC(Oc1nsnc1N1CCC(C)CC1)C(=O)OC. The van der Waals surface area contributed by atoms with Crippen molar-refractivity contribution in [3.8, 4) is 5.88 Å². The number of aromatic nitrogens is 2. The van der Waals surface area contributed by atoms with E-state index < -0.39 is 6.10 Å². The van der Waals surface area contributed by atoms with Gasteiger partial charge in [0, 0.05) is 13.1 Å². The lowest BCUT2D eigenvalue weighted by molar-refractivity contribution is -0.149. The molecule has 1 saturated heterocycles. The Morgan fingerprint density at radius 2 is 2.15 bits per heavy atom. The van der Waals surface area contributed by atoms with E-state index in [1.165, 1.54) is 7.11 Å². The molecule has 0 spiro atoms. The Balaban J connectivity index is 2.06. The molecule has 0 aromatic carbocycles. The largest absolute Gasteiger partial charge is 0.466 e. The molecule has 7 heteroatoms. The lowest BCUT2D eigenvalue weighted by Crippen LogP contribution is -2.34. The molecule has 6 nitrogen and oxygen atoms in total. The number of carbonyl (C=O) groups is 1. The van der Waals surface area contributed by atoms with Crippen molar-refractivity contribution in [2.45, 2.75) is 39.2 Å². The van der Waals surface area contributed by atoms with E-state index in [0.717, 1.165) is 49.4 Å². The van der Waals surface area contributed by atoms with E-state index in [2.05, 4.69) is 20.6 Å². The van der Waals surface area contributed by atoms with Crippen LogP contribution in [-0.2, 0) is 9.53 Å². The van der Waals surface area contributed by atoms with Gasteiger partial charge in [0.15, 0.2) is 6.10 Å². The molecule has 112 valence electrons. The number of anilines is 1. The molecule has 0 saturated carbocycles. The maximum atomic E-state index is 11.6. The van der Waals surface area contributed by atoms with Crippen LogP contribution in [0.5, 0.6) is 5.88 Å². The molecule has 0 bridgehead atoms. The van der Waals surface area contributed by atoms with E-state index in [0.29, 0.717) is 12.3 Å². The first-order valence-electron chi connectivity index (χ1n) is 6.97. The molecule has 1 aliphatic rings. The zero-order valence-electron chi connectivity index (χ0n) is 12.2. The van der Waals surface area contributed by atoms with Gasteiger partial charge in [0.05, 0.1) is 18.8 Å². The van der Waals surface area contributed by atoms with Crippen LogP contribution in [0.1, 0.15) is 33.1 Å². The third-order valence-electron chi connectivity index (χ3n) is 3.61. The third-order valence-corrected chi connectivity index (χ3v) is 4.12. The standard InChI is InChI=1S/C13H21N3O3S/c1-4-10(13(17)18-3)19-12-11(14-20-15-12)16-7-5-9(2)6-8-16/h9-10H,4-8H2,1-3H3. The predicted octanol–water partition coefficient (Wildman–Crippen LogP) is 2.10. The minimum absolute atomic E-state index is 0.376. The average molecular weight is 299 g/mol. The number of esters is 1. The first-order valence-corrected chi connectivity index (χ1v) is 7.70. The quantitative estimate of drug-likeness (QED) is 0.776. The smallest absolute Gasteiger partial charge is 0.347 e. The van der Waals surface area contributed by atoms with Gasteiger partial charge in [-0.1, -0.05) is 13.8 Å². The number of rotatable bonds is 5. The predicted molar refractivity (Wildman–Crippen MR) is 77.2 cm³/mol. The Morgan fingerprint density at radius 1 is 1.45 bits per heavy atom. The summed E-state index contributed by atoms with van der Waals surface area (Å²) in [5, 5.41) is 0.